The lowest BCUT2D eigenvalue weighted by Crippen LogP contribution is -2.23. The molecule has 0 aromatic heterocycles. The highest BCUT2D eigenvalue weighted by Crippen LogP contribution is 2.28. The van der Waals surface area contributed by atoms with Gasteiger partial charge in [0.05, 0.1) is 0 Å². The maximum Gasteiger partial charge on any atom is 0.251 e. The van der Waals surface area contributed by atoms with Crippen molar-refractivity contribution in [2.75, 3.05) is 0 Å². The lowest BCUT2D eigenvalue weighted by Gasteiger charge is -2.09. The second-order valence-electron chi connectivity index (χ2n) is 3.90. The standard InChI is InChI=1S/C14H10Cl3NO/c15-10-6-12(16)11(13(17)7-10)8-18-14(19)9-4-2-1-3-5-9/h1-7H,8H2,(H,18,19). The van der Waals surface area contributed by atoms with Crippen LogP contribution >= 0.6 is 34.8 Å². The number of hydrogen-bond donors (Lipinski definition) is 1. The predicted octanol–water partition coefficient (Wildman–Crippen LogP) is 4.58. The third-order valence-corrected chi connectivity index (χ3v) is 3.46. The molecule has 0 heterocycles. The minimum atomic E-state index is -0.178. The van der Waals surface area contributed by atoms with E-state index < -0.39 is 0 Å². The topological polar surface area (TPSA) is 29.1 Å². The first-order chi connectivity index (χ1) is 9.08. The summed E-state index contributed by atoms with van der Waals surface area (Å²) in [5.41, 5.74) is 1.24. The van der Waals surface area contributed by atoms with Crippen LogP contribution in [0.1, 0.15) is 15.9 Å². The zero-order chi connectivity index (χ0) is 13.8. The van der Waals surface area contributed by atoms with Gasteiger partial charge in [0, 0.05) is 32.7 Å². The fourth-order valence-electron chi connectivity index (χ4n) is 1.60. The van der Waals surface area contributed by atoms with Crippen LogP contribution < -0.4 is 5.32 Å². The van der Waals surface area contributed by atoms with Crippen LogP contribution in [0.2, 0.25) is 15.1 Å². The van der Waals surface area contributed by atoms with Gasteiger partial charge in [0.2, 0.25) is 0 Å². The van der Waals surface area contributed by atoms with E-state index in [2.05, 4.69) is 5.32 Å². The van der Waals surface area contributed by atoms with E-state index in [0.717, 1.165) is 0 Å². The molecule has 1 N–H and O–H groups in total. The maximum atomic E-state index is 11.9. The van der Waals surface area contributed by atoms with Crippen LogP contribution in [0.5, 0.6) is 0 Å². The highest BCUT2D eigenvalue weighted by molar-refractivity contribution is 6.39. The van der Waals surface area contributed by atoms with Gasteiger partial charge in [-0.3, -0.25) is 4.79 Å². The molecule has 0 spiro atoms. The highest BCUT2D eigenvalue weighted by Gasteiger charge is 2.10. The summed E-state index contributed by atoms with van der Waals surface area (Å²) < 4.78 is 0. The quantitative estimate of drug-likeness (QED) is 0.883. The molecule has 98 valence electrons. The summed E-state index contributed by atoms with van der Waals surface area (Å²) in [5.74, 6) is -0.178. The van der Waals surface area contributed by atoms with Gasteiger partial charge in [0.1, 0.15) is 0 Å². The fourth-order valence-corrected chi connectivity index (χ4v) is 2.55. The van der Waals surface area contributed by atoms with Gasteiger partial charge < -0.3 is 5.32 Å². The monoisotopic (exact) mass is 313 g/mol. The zero-order valence-corrected chi connectivity index (χ0v) is 12.1. The Balaban J connectivity index is 2.10. The summed E-state index contributed by atoms with van der Waals surface area (Å²) in [5, 5.41) is 4.10. The van der Waals surface area contributed by atoms with E-state index in [4.69, 9.17) is 34.8 Å². The molecule has 19 heavy (non-hydrogen) atoms. The molecular weight excluding hydrogens is 305 g/mol. The Morgan fingerprint density at radius 2 is 1.58 bits per heavy atom. The van der Waals surface area contributed by atoms with Gasteiger partial charge in [0.25, 0.3) is 5.91 Å². The Bertz CT molecular complexity index is 576. The van der Waals surface area contributed by atoms with Crippen molar-refractivity contribution in [2.24, 2.45) is 0 Å². The Hall–Kier alpha value is -1.22. The Kier molecular flexibility index (Phi) is 4.70. The number of benzene rings is 2. The van der Waals surface area contributed by atoms with Gasteiger partial charge >= 0.3 is 0 Å². The fraction of sp³-hybridized carbons (Fsp3) is 0.0714. The van der Waals surface area contributed by atoms with Gasteiger partial charge in [-0.15, -0.1) is 0 Å². The maximum absolute atomic E-state index is 11.9. The summed E-state index contributed by atoms with van der Waals surface area (Å²) in [6.07, 6.45) is 0. The molecular formula is C14H10Cl3NO. The molecule has 2 aromatic carbocycles. The van der Waals surface area contributed by atoms with Crippen molar-refractivity contribution in [1.29, 1.82) is 0 Å². The van der Waals surface area contributed by atoms with E-state index in [1.807, 2.05) is 6.07 Å². The van der Waals surface area contributed by atoms with E-state index >= 15 is 0 Å². The van der Waals surface area contributed by atoms with E-state index in [-0.39, 0.29) is 12.5 Å². The van der Waals surface area contributed by atoms with Crippen molar-refractivity contribution >= 4 is 40.7 Å². The average molecular weight is 315 g/mol. The van der Waals surface area contributed by atoms with Crippen LogP contribution in [0.4, 0.5) is 0 Å². The molecule has 0 radical (unpaired) electrons. The van der Waals surface area contributed by atoms with Crippen LogP contribution in [0, 0.1) is 0 Å². The van der Waals surface area contributed by atoms with Crippen molar-refractivity contribution in [3.05, 3.63) is 68.7 Å². The molecule has 2 rings (SSSR count). The molecule has 2 aromatic rings. The van der Waals surface area contributed by atoms with Crippen molar-refractivity contribution in [3.63, 3.8) is 0 Å². The molecule has 0 aliphatic carbocycles. The Morgan fingerprint density at radius 3 is 2.16 bits per heavy atom. The van der Waals surface area contributed by atoms with Crippen LogP contribution in [-0.4, -0.2) is 5.91 Å². The minimum Gasteiger partial charge on any atom is -0.348 e. The molecule has 0 saturated carbocycles. The van der Waals surface area contributed by atoms with Crippen molar-refractivity contribution in [1.82, 2.24) is 5.32 Å². The molecule has 0 aliphatic heterocycles. The zero-order valence-electron chi connectivity index (χ0n) is 9.79. The van der Waals surface area contributed by atoms with Crippen LogP contribution in [0.15, 0.2) is 42.5 Å². The predicted molar refractivity (Wildman–Crippen MR) is 79.1 cm³/mol. The lowest BCUT2D eigenvalue weighted by molar-refractivity contribution is 0.0951. The number of amides is 1. The van der Waals surface area contributed by atoms with Gasteiger partial charge in [-0.05, 0) is 24.3 Å². The van der Waals surface area contributed by atoms with Gasteiger partial charge in [-0.2, -0.15) is 0 Å². The Labute approximate surface area is 126 Å². The molecule has 2 nitrogen and oxygen atoms in total. The summed E-state index contributed by atoms with van der Waals surface area (Å²) in [4.78, 5) is 11.9. The highest BCUT2D eigenvalue weighted by atomic mass is 35.5. The molecule has 0 aliphatic rings. The molecule has 5 heteroatoms. The summed E-state index contributed by atoms with van der Waals surface area (Å²) >= 11 is 17.9. The van der Waals surface area contributed by atoms with Crippen LogP contribution in [-0.2, 0) is 6.54 Å². The third-order valence-electron chi connectivity index (χ3n) is 2.57. The molecule has 0 bridgehead atoms. The first-order valence-electron chi connectivity index (χ1n) is 5.54. The number of nitrogens with one attached hydrogen (secondary N) is 1. The van der Waals surface area contributed by atoms with E-state index in [0.29, 0.717) is 26.2 Å². The normalized spacial score (nSPS) is 10.3. The molecule has 0 saturated heterocycles. The van der Waals surface area contributed by atoms with Crippen LogP contribution in [0.3, 0.4) is 0 Å². The number of hydrogen-bond acceptors (Lipinski definition) is 1. The van der Waals surface area contributed by atoms with Crippen LogP contribution in [0.25, 0.3) is 0 Å². The molecule has 0 atom stereocenters. The molecule has 0 unspecified atom stereocenters. The number of halogens is 3. The number of rotatable bonds is 3. The number of carbonyl (C=O) groups excluding carboxylic acids is 1. The lowest BCUT2D eigenvalue weighted by atomic mass is 10.2. The first kappa shape index (κ1) is 14.2. The average Bonchev–Trinajstić information content (AvgIpc) is 2.38. The van der Waals surface area contributed by atoms with Gasteiger partial charge in [-0.1, -0.05) is 53.0 Å². The summed E-state index contributed by atoms with van der Waals surface area (Å²) in [7, 11) is 0. The molecule has 0 fully saturated rings. The number of carbonyl (C=O) groups is 1. The smallest absolute Gasteiger partial charge is 0.251 e. The Morgan fingerprint density at radius 1 is 1.00 bits per heavy atom. The van der Waals surface area contributed by atoms with E-state index in [9.17, 15) is 4.79 Å². The summed E-state index contributed by atoms with van der Waals surface area (Å²) in [6.45, 7) is 0.253. The van der Waals surface area contributed by atoms with Gasteiger partial charge in [0.15, 0.2) is 0 Å². The third kappa shape index (κ3) is 3.63. The summed E-state index contributed by atoms with van der Waals surface area (Å²) in [6, 6.07) is 12.1. The molecule has 1 amide bonds. The first-order valence-corrected chi connectivity index (χ1v) is 6.68. The largest absolute Gasteiger partial charge is 0.348 e. The van der Waals surface area contributed by atoms with Crippen molar-refractivity contribution in [3.8, 4) is 0 Å². The van der Waals surface area contributed by atoms with E-state index in [1.54, 1.807) is 36.4 Å². The second-order valence-corrected chi connectivity index (χ2v) is 5.15. The minimum absolute atomic E-state index is 0.178. The van der Waals surface area contributed by atoms with Gasteiger partial charge in [-0.25, -0.2) is 0 Å². The van der Waals surface area contributed by atoms with Crippen molar-refractivity contribution < 1.29 is 4.79 Å². The van der Waals surface area contributed by atoms with E-state index in [1.165, 1.54) is 0 Å². The van der Waals surface area contributed by atoms with Crippen molar-refractivity contribution in [2.45, 2.75) is 6.54 Å². The SMILES string of the molecule is O=C(NCc1c(Cl)cc(Cl)cc1Cl)c1ccccc1. The second kappa shape index (κ2) is 6.29.